The molecule has 1 aromatic heterocycles. The molecule has 18 heavy (non-hydrogen) atoms. The first-order chi connectivity index (χ1) is 8.58. The highest BCUT2D eigenvalue weighted by atomic mass is 79.9. The van der Waals surface area contributed by atoms with Crippen molar-refractivity contribution in [1.82, 2.24) is 9.97 Å². The predicted octanol–water partition coefficient (Wildman–Crippen LogP) is 3.80. The Bertz CT molecular complexity index is 569. The number of aromatic nitrogens is 2. The number of carbonyl (C=O) groups excluding carboxylic acids is 1. The quantitative estimate of drug-likeness (QED) is 0.841. The molecule has 0 aliphatic rings. The van der Waals surface area contributed by atoms with Crippen LogP contribution in [0.15, 0.2) is 35.1 Å². The van der Waals surface area contributed by atoms with E-state index in [1.165, 1.54) is 6.33 Å². The summed E-state index contributed by atoms with van der Waals surface area (Å²) in [5.41, 5.74) is 0.683. The molecule has 0 atom stereocenters. The van der Waals surface area contributed by atoms with Crippen molar-refractivity contribution >= 4 is 50.7 Å². The van der Waals surface area contributed by atoms with Gasteiger partial charge in [0.15, 0.2) is 10.3 Å². The first-order valence-electron chi connectivity index (χ1n) is 4.81. The molecule has 1 N–H and O–H groups in total. The van der Waals surface area contributed by atoms with Crippen LogP contribution < -0.4 is 5.32 Å². The minimum absolute atomic E-state index is 0.0976. The smallest absolute Gasteiger partial charge is 0.255 e. The first kappa shape index (κ1) is 13.3. The first-order valence-corrected chi connectivity index (χ1v) is 6.35. The molecular weight excluding hydrogens is 341 g/mol. The number of anilines is 1. The predicted molar refractivity (Wildman–Crippen MR) is 74.1 cm³/mol. The zero-order chi connectivity index (χ0) is 13.1. The Balaban J connectivity index is 2.24. The van der Waals surface area contributed by atoms with Gasteiger partial charge in [-0.05, 0) is 24.3 Å². The van der Waals surface area contributed by atoms with E-state index in [0.29, 0.717) is 5.56 Å². The fraction of sp³-hybridized carbons (Fsp3) is 0. The van der Waals surface area contributed by atoms with Gasteiger partial charge in [-0.2, -0.15) is 0 Å². The van der Waals surface area contributed by atoms with Gasteiger partial charge in [-0.25, -0.2) is 9.97 Å². The van der Waals surface area contributed by atoms with Crippen molar-refractivity contribution in [2.24, 2.45) is 0 Å². The number of nitrogens with zero attached hydrogens (tertiary/aromatic N) is 2. The van der Waals surface area contributed by atoms with Crippen LogP contribution in [0.5, 0.6) is 0 Å². The Labute approximate surface area is 121 Å². The highest BCUT2D eigenvalue weighted by molar-refractivity contribution is 9.10. The van der Waals surface area contributed by atoms with E-state index in [0.717, 1.165) is 4.47 Å². The molecule has 0 spiro atoms. The number of amides is 1. The molecule has 0 saturated heterocycles. The molecule has 4 nitrogen and oxygen atoms in total. The van der Waals surface area contributed by atoms with Crippen molar-refractivity contribution in [3.05, 3.63) is 50.9 Å². The van der Waals surface area contributed by atoms with Gasteiger partial charge in [0.05, 0.1) is 0 Å². The zero-order valence-electron chi connectivity index (χ0n) is 8.82. The molecule has 92 valence electrons. The molecule has 0 aliphatic carbocycles. The van der Waals surface area contributed by atoms with Crippen LogP contribution in [0, 0.1) is 0 Å². The maximum Gasteiger partial charge on any atom is 0.255 e. The maximum absolute atomic E-state index is 11.9. The van der Waals surface area contributed by atoms with Crippen molar-refractivity contribution in [3.8, 4) is 0 Å². The van der Waals surface area contributed by atoms with Crippen LogP contribution in [-0.4, -0.2) is 15.9 Å². The van der Waals surface area contributed by atoms with Crippen LogP contribution in [-0.2, 0) is 0 Å². The van der Waals surface area contributed by atoms with Crippen molar-refractivity contribution < 1.29 is 4.79 Å². The Morgan fingerprint density at radius 1 is 1.11 bits per heavy atom. The number of hydrogen-bond donors (Lipinski definition) is 1. The SMILES string of the molecule is O=C(Nc1c(Cl)ncnc1Cl)c1ccc(Br)cc1. The lowest BCUT2D eigenvalue weighted by Gasteiger charge is -2.07. The highest BCUT2D eigenvalue weighted by Crippen LogP contribution is 2.26. The molecule has 0 aliphatic heterocycles. The Kier molecular flexibility index (Phi) is 4.16. The molecule has 7 heteroatoms. The van der Waals surface area contributed by atoms with Crippen LogP contribution in [0.2, 0.25) is 10.3 Å². The van der Waals surface area contributed by atoms with Crippen LogP contribution in [0.25, 0.3) is 0 Å². The van der Waals surface area contributed by atoms with E-state index in [-0.39, 0.29) is 21.9 Å². The molecule has 2 rings (SSSR count). The van der Waals surface area contributed by atoms with Crippen LogP contribution in [0.1, 0.15) is 10.4 Å². The Morgan fingerprint density at radius 3 is 2.22 bits per heavy atom. The number of nitrogens with one attached hydrogen (secondary N) is 1. The van der Waals surface area contributed by atoms with Crippen molar-refractivity contribution in [2.75, 3.05) is 5.32 Å². The van der Waals surface area contributed by atoms with Crippen molar-refractivity contribution in [2.45, 2.75) is 0 Å². The van der Waals surface area contributed by atoms with Gasteiger partial charge in [-0.15, -0.1) is 0 Å². The Morgan fingerprint density at radius 2 is 1.67 bits per heavy atom. The molecule has 0 radical (unpaired) electrons. The van der Waals surface area contributed by atoms with Crippen LogP contribution >= 0.6 is 39.1 Å². The molecule has 0 fully saturated rings. The summed E-state index contributed by atoms with van der Waals surface area (Å²) in [6.07, 6.45) is 1.22. The topological polar surface area (TPSA) is 54.9 Å². The third-order valence-corrected chi connectivity index (χ3v) is 3.20. The molecule has 0 bridgehead atoms. The summed E-state index contributed by atoms with van der Waals surface area (Å²) in [5, 5.41) is 2.77. The molecule has 1 heterocycles. The van der Waals surface area contributed by atoms with E-state index in [9.17, 15) is 4.79 Å². The lowest BCUT2D eigenvalue weighted by molar-refractivity contribution is 0.102. The van der Waals surface area contributed by atoms with E-state index in [1.54, 1.807) is 24.3 Å². The second-order valence-electron chi connectivity index (χ2n) is 3.29. The fourth-order valence-corrected chi connectivity index (χ4v) is 1.91. The van der Waals surface area contributed by atoms with Crippen molar-refractivity contribution in [3.63, 3.8) is 0 Å². The average Bonchev–Trinajstić information content (AvgIpc) is 2.34. The van der Waals surface area contributed by atoms with Crippen molar-refractivity contribution in [1.29, 1.82) is 0 Å². The van der Waals surface area contributed by atoms with E-state index in [2.05, 4.69) is 31.2 Å². The van der Waals surface area contributed by atoms with E-state index in [1.807, 2.05) is 0 Å². The molecule has 0 saturated carbocycles. The molecule has 1 amide bonds. The van der Waals surface area contributed by atoms with Gasteiger partial charge < -0.3 is 5.32 Å². The summed E-state index contributed by atoms with van der Waals surface area (Å²) in [4.78, 5) is 19.4. The standard InChI is InChI=1S/C11H6BrCl2N3O/c12-7-3-1-6(2-4-7)11(18)17-8-9(13)15-5-16-10(8)14/h1-5H,(H,17,18). The number of benzene rings is 1. The lowest BCUT2D eigenvalue weighted by atomic mass is 10.2. The maximum atomic E-state index is 11.9. The number of rotatable bonds is 2. The lowest BCUT2D eigenvalue weighted by Crippen LogP contribution is -2.13. The second kappa shape index (κ2) is 5.65. The van der Waals surface area contributed by atoms with Gasteiger partial charge in [-0.3, -0.25) is 4.79 Å². The number of halogens is 3. The molecule has 0 unspecified atom stereocenters. The van der Waals surface area contributed by atoms with Gasteiger partial charge in [0, 0.05) is 10.0 Å². The van der Waals surface area contributed by atoms with E-state index in [4.69, 9.17) is 23.2 Å². The van der Waals surface area contributed by atoms with Crippen LogP contribution in [0.4, 0.5) is 5.69 Å². The summed E-state index contributed by atoms with van der Waals surface area (Å²) < 4.78 is 0.887. The summed E-state index contributed by atoms with van der Waals surface area (Å²) >= 11 is 14.9. The molecular formula is C11H6BrCl2N3O. The van der Waals surface area contributed by atoms with Gasteiger partial charge in [0.2, 0.25) is 0 Å². The minimum atomic E-state index is -0.332. The molecule has 1 aromatic carbocycles. The average molecular weight is 347 g/mol. The molecule has 2 aromatic rings. The summed E-state index contributed by atoms with van der Waals surface area (Å²) in [5.74, 6) is -0.332. The number of carbonyl (C=O) groups is 1. The minimum Gasteiger partial charge on any atom is -0.317 e. The zero-order valence-corrected chi connectivity index (χ0v) is 11.9. The van der Waals surface area contributed by atoms with E-state index < -0.39 is 0 Å². The third-order valence-electron chi connectivity index (χ3n) is 2.10. The summed E-state index contributed by atoms with van der Waals surface area (Å²) in [6, 6.07) is 6.87. The largest absolute Gasteiger partial charge is 0.317 e. The van der Waals surface area contributed by atoms with Gasteiger partial charge >= 0.3 is 0 Å². The van der Waals surface area contributed by atoms with E-state index >= 15 is 0 Å². The van der Waals surface area contributed by atoms with Gasteiger partial charge in [0.25, 0.3) is 5.91 Å². The Hall–Kier alpha value is -1.17. The highest BCUT2D eigenvalue weighted by Gasteiger charge is 2.12. The van der Waals surface area contributed by atoms with Crippen LogP contribution in [0.3, 0.4) is 0 Å². The summed E-state index contributed by atoms with van der Waals surface area (Å²) in [7, 11) is 0. The fourth-order valence-electron chi connectivity index (χ4n) is 1.23. The number of hydrogen-bond acceptors (Lipinski definition) is 3. The second-order valence-corrected chi connectivity index (χ2v) is 4.92. The third kappa shape index (κ3) is 2.98. The van der Waals surface area contributed by atoms with Gasteiger partial charge in [-0.1, -0.05) is 39.1 Å². The summed E-state index contributed by atoms with van der Waals surface area (Å²) in [6.45, 7) is 0. The monoisotopic (exact) mass is 345 g/mol. The van der Waals surface area contributed by atoms with Gasteiger partial charge in [0.1, 0.15) is 12.0 Å². The normalized spacial score (nSPS) is 10.2.